The molecule has 0 saturated carbocycles. The summed E-state index contributed by atoms with van der Waals surface area (Å²) in [6, 6.07) is 6.57. The first-order valence-corrected chi connectivity index (χ1v) is 10.7. The number of ketones is 1. The Morgan fingerprint density at radius 1 is 1.00 bits per heavy atom. The van der Waals surface area contributed by atoms with Crippen molar-refractivity contribution >= 4 is 16.6 Å². The number of benzene rings is 2. The molecule has 0 unspecified atom stereocenters. The number of hydrogen-bond acceptors (Lipinski definition) is 7. The topological polar surface area (TPSA) is 93.8 Å². The second-order valence-corrected chi connectivity index (χ2v) is 7.95. The third-order valence-electron chi connectivity index (χ3n) is 6.19. The highest BCUT2D eigenvalue weighted by Gasteiger charge is 2.35. The molecule has 0 spiro atoms. The van der Waals surface area contributed by atoms with Gasteiger partial charge in [-0.2, -0.15) is 0 Å². The van der Waals surface area contributed by atoms with E-state index in [1.807, 2.05) is 0 Å². The van der Waals surface area contributed by atoms with Crippen LogP contribution in [0.4, 0.5) is 0 Å². The maximum Gasteiger partial charge on any atom is 0.259 e. The summed E-state index contributed by atoms with van der Waals surface area (Å²) in [6.45, 7) is 0.447. The predicted octanol–water partition coefficient (Wildman–Crippen LogP) is 3.25. The third kappa shape index (κ3) is 2.89. The Bertz CT molecular complexity index is 1690. The van der Waals surface area contributed by atoms with Crippen molar-refractivity contribution in [1.82, 2.24) is 14.1 Å². The zero-order chi connectivity index (χ0) is 26.0. The minimum absolute atomic E-state index is 0.0502. The Morgan fingerprint density at radius 3 is 2.38 bits per heavy atom. The second-order valence-electron chi connectivity index (χ2n) is 7.95. The van der Waals surface area contributed by atoms with Crippen LogP contribution in [0.2, 0.25) is 0 Å². The molecule has 9 nitrogen and oxygen atoms in total. The van der Waals surface area contributed by atoms with Crippen LogP contribution in [-0.4, -0.2) is 40.9 Å². The first kappa shape index (κ1) is 17.2. The normalized spacial score (nSPS) is 14.5. The standard InChI is InChI=1S/C25H21N3O6/c1-31-18-8-14-17(11-19(18)32-2)25(30)28(6-3-5-27-7-4-26-12-27)23-15-9-20-21(34-13-33-20)10-16(15)24(29)22(14)23/h4,7-12H,3,5-6,13H2,1-2H3/i4D,7D,12D. The Balaban J connectivity index is 1.55. The smallest absolute Gasteiger partial charge is 0.259 e. The molecule has 0 saturated heterocycles. The Kier molecular flexibility index (Phi) is 3.88. The first-order valence-electron chi connectivity index (χ1n) is 12.2. The van der Waals surface area contributed by atoms with Gasteiger partial charge in [-0.05, 0) is 30.7 Å². The van der Waals surface area contributed by atoms with E-state index in [2.05, 4.69) is 4.98 Å². The average Bonchev–Trinajstić information content (AvgIpc) is 3.54. The molecule has 0 radical (unpaired) electrons. The molecule has 9 heteroatoms. The number of methoxy groups -OCH3 is 2. The molecule has 1 aliphatic heterocycles. The fraction of sp³-hybridized carbons (Fsp3) is 0.240. The third-order valence-corrected chi connectivity index (χ3v) is 6.19. The van der Waals surface area contributed by atoms with E-state index in [4.69, 9.17) is 23.1 Å². The van der Waals surface area contributed by atoms with E-state index in [0.717, 1.165) is 0 Å². The van der Waals surface area contributed by atoms with Gasteiger partial charge in [-0.25, -0.2) is 4.98 Å². The van der Waals surface area contributed by atoms with Crippen molar-refractivity contribution in [1.29, 1.82) is 0 Å². The average molecular weight is 462 g/mol. The lowest BCUT2D eigenvalue weighted by atomic mass is 10.0. The molecule has 4 aromatic rings. The van der Waals surface area contributed by atoms with Crippen LogP contribution in [0.25, 0.3) is 22.0 Å². The van der Waals surface area contributed by atoms with Crippen molar-refractivity contribution in [2.45, 2.75) is 19.5 Å². The summed E-state index contributed by atoms with van der Waals surface area (Å²) in [7, 11) is 2.96. The fourth-order valence-electron chi connectivity index (χ4n) is 4.64. The highest BCUT2D eigenvalue weighted by atomic mass is 16.7. The Morgan fingerprint density at radius 2 is 1.71 bits per heavy atom. The Hall–Kier alpha value is -4.27. The maximum atomic E-state index is 13.9. The summed E-state index contributed by atoms with van der Waals surface area (Å²) >= 11 is 0. The maximum absolute atomic E-state index is 13.9. The molecular formula is C25H21N3O6. The molecule has 0 atom stereocenters. The minimum atomic E-state index is -0.322. The Labute approximate surface area is 198 Å². The number of rotatable bonds is 6. The van der Waals surface area contributed by atoms with Crippen LogP contribution in [-0.2, 0) is 13.1 Å². The van der Waals surface area contributed by atoms with Crippen molar-refractivity contribution in [2.75, 3.05) is 21.0 Å². The number of ether oxygens (including phenoxy) is 4. The number of pyridine rings is 1. The van der Waals surface area contributed by atoms with Gasteiger partial charge in [-0.1, -0.05) is 0 Å². The molecule has 172 valence electrons. The van der Waals surface area contributed by atoms with Crippen LogP contribution < -0.4 is 24.5 Å². The van der Waals surface area contributed by atoms with Gasteiger partial charge in [-0.3, -0.25) is 9.59 Å². The number of nitrogens with zero attached hydrogens (tertiary/aromatic N) is 3. The molecule has 34 heavy (non-hydrogen) atoms. The molecule has 2 aromatic heterocycles. The molecule has 0 bridgehead atoms. The first-order chi connectivity index (χ1) is 17.8. The van der Waals surface area contributed by atoms with E-state index in [0.29, 0.717) is 62.6 Å². The van der Waals surface area contributed by atoms with Gasteiger partial charge in [-0.15, -0.1) is 0 Å². The largest absolute Gasteiger partial charge is 0.493 e. The van der Waals surface area contributed by atoms with Crippen LogP contribution >= 0.6 is 0 Å². The summed E-state index contributed by atoms with van der Waals surface area (Å²) in [5.74, 6) is 1.47. The predicted molar refractivity (Wildman–Crippen MR) is 123 cm³/mol. The molecule has 2 aromatic carbocycles. The molecule has 0 fully saturated rings. The quantitative estimate of drug-likeness (QED) is 0.382. The van der Waals surface area contributed by atoms with Gasteiger partial charge >= 0.3 is 0 Å². The van der Waals surface area contributed by atoms with Crippen LogP contribution in [0.3, 0.4) is 0 Å². The van der Waals surface area contributed by atoms with Gasteiger partial charge in [0, 0.05) is 41.9 Å². The lowest BCUT2D eigenvalue weighted by Gasteiger charge is -2.17. The highest BCUT2D eigenvalue weighted by molar-refractivity contribution is 6.27. The molecule has 1 aliphatic carbocycles. The van der Waals surface area contributed by atoms with Crippen LogP contribution in [0.5, 0.6) is 23.0 Å². The van der Waals surface area contributed by atoms with E-state index in [1.165, 1.54) is 18.8 Å². The van der Waals surface area contributed by atoms with Gasteiger partial charge in [0.05, 0.1) is 39.9 Å². The van der Waals surface area contributed by atoms with Gasteiger partial charge in [0.2, 0.25) is 6.79 Å². The summed E-state index contributed by atoms with van der Waals surface area (Å²) in [4.78, 5) is 31.3. The number of fused-ring (bicyclic) bond motifs is 6. The number of carbonyl (C=O) groups is 1. The zero-order valence-corrected chi connectivity index (χ0v) is 18.4. The van der Waals surface area contributed by atoms with E-state index >= 15 is 0 Å². The number of carbonyl (C=O) groups excluding carboxylic acids is 1. The molecular weight excluding hydrogens is 438 g/mol. The molecule has 6 rings (SSSR count). The van der Waals surface area contributed by atoms with E-state index < -0.39 is 0 Å². The van der Waals surface area contributed by atoms with Crippen LogP contribution in [0.15, 0.2) is 47.7 Å². The van der Waals surface area contributed by atoms with E-state index in [9.17, 15) is 9.59 Å². The molecule has 2 aliphatic rings. The van der Waals surface area contributed by atoms with Crippen molar-refractivity contribution in [3.8, 4) is 34.3 Å². The lowest BCUT2D eigenvalue weighted by Crippen LogP contribution is -2.24. The highest BCUT2D eigenvalue weighted by Crippen LogP contribution is 2.46. The monoisotopic (exact) mass is 462 g/mol. The van der Waals surface area contributed by atoms with E-state index in [1.54, 1.807) is 28.8 Å². The number of hydrogen-bond donors (Lipinski definition) is 0. The van der Waals surface area contributed by atoms with Crippen LogP contribution in [0, 0.1) is 0 Å². The van der Waals surface area contributed by atoms with Gasteiger partial charge in [0.1, 0.15) is 1.37 Å². The summed E-state index contributed by atoms with van der Waals surface area (Å²) in [5.41, 5.74) is 1.48. The van der Waals surface area contributed by atoms with E-state index in [-0.39, 0.29) is 49.9 Å². The number of aromatic nitrogens is 3. The van der Waals surface area contributed by atoms with Crippen molar-refractivity contribution in [3.05, 3.63) is 64.4 Å². The minimum Gasteiger partial charge on any atom is -0.493 e. The van der Waals surface area contributed by atoms with Gasteiger partial charge in [0.25, 0.3) is 5.56 Å². The lowest BCUT2D eigenvalue weighted by molar-refractivity contribution is 0.104. The van der Waals surface area contributed by atoms with Gasteiger partial charge < -0.3 is 28.1 Å². The van der Waals surface area contributed by atoms with Crippen molar-refractivity contribution in [3.63, 3.8) is 0 Å². The fourth-order valence-corrected chi connectivity index (χ4v) is 4.64. The van der Waals surface area contributed by atoms with Gasteiger partial charge in [0.15, 0.2) is 28.8 Å². The summed E-state index contributed by atoms with van der Waals surface area (Å²) < 4.78 is 48.3. The SMILES string of the molecule is [2H]c1nc([2H])n(CCCn2c3c(c4cc(OC)c(OC)cc4c2=O)C(=O)c2cc4c(cc2-3)OCO4)c1[2H]. The zero-order valence-electron chi connectivity index (χ0n) is 21.4. The summed E-state index contributed by atoms with van der Waals surface area (Å²) in [5, 5.41) is 0.753. The van der Waals surface area contributed by atoms with Crippen molar-refractivity contribution < 1.29 is 27.9 Å². The molecule has 3 heterocycles. The van der Waals surface area contributed by atoms with Crippen LogP contribution in [0.1, 0.15) is 26.5 Å². The van der Waals surface area contributed by atoms with Crippen molar-refractivity contribution in [2.24, 2.45) is 0 Å². The number of imidazole rings is 1. The molecule has 0 N–H and O–H groups in total. The summed E-state index contributed by atoms with van der Waals surface area (Å²) in [6.07, 6.45) is -0.264. The second kappa shape index (κ2) is 7.65. The molecule has 0 amide bonds.